The van der Waals surface area contributed by atoms with E-state index in [0.717, 1.165) is 17.1 Å². The number of carbonyl (C=O) groups excluding carboxylic acids is 1. The van der Waals surface area contributed by atoms with Crippen LogP contribution >= 0.6 is 0 Å². The average Bonchev–Trinajstić information content (AvgIpc) is 2.75. The molecule has 2 aromatic heterocycles. The quantitative estimate of drug-likeness (QED) is 0.879. The van der Waals surface area contributed by atoms with Crippen molar-refractivity contribution in [2.45, 2.75) is 40.7 Å². The second-order valence-corrected chi connectivity index (χ2v) is 5.62. The molecule has 0 aliphatic carbocycles. The molecule has 0 bridgehead atoms. The first-order valence-corrected chi connectivity index (χ1v) is 7.52. The van der Waals surface area contributed by atoms with E-state index in [0.29, 0.717) is 19.5 Å². The fraction of sp³-hybridized carbons (Fsp3) is 0.500. The summed E-state index contributed by atoms with van der Waals surface area (Å²) in [6, 6.07) is 0. The third kappa shape index (κ3) is 3.90. The first-order valence-electron chi connectivity index (χ1n) is 7.52. The Balaban J connectivity index is 1.83. The van der Waals surface area contributed by atoms with Crippen molar-refractivity contribution in [3.63, 3.8) is 0 Å². The smallest absolute Gasteiger partial charge is 0.224 e. The molecule has 6 heteroatoms. The topological polar surface area (TPSA) is 72.7 Å². The van der Waals surface area contributed by atoms with Gasteiger partial charge in [-0.2, -0.15) is 5.10 Å². The van der Waals surface area contributed by atoms with E-state index in [1.54, 1.807) is 18.6 Å². The molecule has 2 heterocycles. The number of aryl methyl sites for hydroxylation is 1. The highest BCUT2D eigenvalue weighted by molar-refractivity contribution is 5.78. The molecule has 118 valence electrons. The van der Waals surface area contributed by atoms with Crippen LogP contribution in [-0.2, 0) is 17.8 Å². The van der Waals surface area contributed by atoms with Gasteiger partial charge in [0.05, 0.1) is 23.9 Å². The molecule has 0 fully saturated rings. The Hall–Kier alpha value is -2.24. The predicted octanol–water partition coefficient (Wildman–Crippen LogP) is 1.59. The van der Waals surface area contributed by atoms with Crippen molar-refractivity contribution in [1.82, 2.24) is 25.1 Å². The zero-order chi connectivity index (χ0) is 16.1. The minimum absolute atomic E-state index is 0.0362. The normalized spacial score (nSPS) is 12.2. The Labute approximate surface area is 131 Å². The highest BCUT2D eigenvalue weighted by Crippen LogP contribution is 2.12. The van der Waals surface area contributed by atoms with Gasteiger partial charge in [-0.1, -0.05) is 6.92 Å². The van der Waals surface area contributed by atoms with E-state index >= 15 is 0 Å². The summed E-state index contributed by atoms with van der Waals surface area (Å²) in [7, 11) is 0. The summed E-state index contributed by atoms with van der Waals surface area (Å²) in [5.74, 6) is -0.0895. The number of carbonyl (C=O) groups is 1. The first-order chi connectivity index (χ1) is 10.5. The lowest BCUT2D eigenvalue weighted by Crippen LogP contribution is -2.33. The highest BCUT2D eigenvalue weighted by atomic mass is 16.1. The van der Waals surface area contributed by atoms with Crippen molar-refractivity contribution in [3.8, 4) is 0 Å². The molecule has 0 saturated carbocycles. The fourth-order valence-electron chi connectivity index (χ4n) is 2.25. The van der Waals surface area contributed by atoms with Gasteiger partial charge in [-0.3, -0.25) is 19.4 Å². The summed E-state index contributed by atoms with van der Waals surface area (Å²) in [6.07, 6.45) is 5.70. The monoisotopic (exact) mass is 301 g/mol. The molecule has 2 aromatic rings. The number of nitrogens with one attached hydrogen (secondary N) is 1. The number of rotatable bonds is 6. The van der Waals surface area contributed by atoms with Crippen molar-refractivity contribution in [2.24, 2.45) is 5.92 Å². The maximum atomic E-state index is 12.2. The molecule has 1 atom stereocenters. The van der Waals surface area contributed by atoms with Crippen LogP contribution < -0.4 is 5.32 Å². The summed E-state index contributed by atoms with van der Waals surface area (Å²) in [5.41, 5.74) is 4.21. The summed E-state index contributed by atoms with van der Waals surface area (Å²) < 4.78 is 1.91. The van der Waals surface area contributed by atoms with Crippen LogP contribution in [0.3, 0.4) is 0 Å². The van der Waals surface area contributed by atoms with Gasteiger partial charge in [0.1, 0.15) is 0 Å². The summed E-state index contributed by atoms with van der Waals surface area (Å²) >= 11 is 0. The van der Waals surface area contributed by atoms with Gasteiger partial charge in [0.15, 0.2) is 0 Å². The molecule has 6 nitrogen and oxygen atoms in total. The van der Waals surface area contributed by atoms with Crippen LogP contribution in [0.15, 0.2) is 18.6 Å². The molecule has 2 rings (SSSR count). The molecular weight excluding hydrogens is 278 g/mol. The van der Waals surface area contributed by atoms with E-state index in [-0.39, 0.29) is 11.8 Å². The van der Waals surface area contributed by atoms with Gasteiger partial charge < -0.3 is 5.32 Å². The number of amides is 1. The third-order valence-electron chi connectivity index (χ3n) is 3.93. The molecule has 0 saturated heterocycles. The molecule has 1 N–H and O–H groups in total. The van der Waals surface area contributed by atoms with Crippen molar-refractivity contribution in [2.75, 3.05) is 6.54 Å². The number of nitrogens with zero attached hydrogens (tertiary/aromatic N) is 4. The van der Waals surface area contributed by atoms with E-state index in [1.807, 2.05) is 25.5 Å². The summed E-state index contributed by atoms with van der Waals surface area (Å²) in [6.45, 7) is 9.16. The lowest BCUT2D eigenvalue weighted by molar-refractivity contribution is -0.124. The van der Waals surface area contributed by atoms with Crippen molar-refractivity contribution in [3.05, 3.63) is 41.2 Å². The molecule has 0 aromatic carbocycles. The molecule has 0 radical (unpaired) electrons. The molecule has 0 aliphatic heterocycles. The van der Waals surface area contributed by atoms with Crippen LogP contribution in [0.5, 0.6) is 0 Å². The zero-order valence-electron chi connectivity index (χ0n) is 13.6. The van der Waals surface area contributed by atoms with Gasteiger partial charge in [-0.05, 0) is 26.3 Å². The van der Waals surface area contributed by atoms with Gasteiger partial charge in [0.2, 0.25) is 5.91 Å². The number of hydrogen-bond acceptors (Lipinski definition) is 4. The molecule has 1 unspecified atom stereocenters. The van der Waals surface area contributed by atoms with Gasteiger partial charge in [0.25, 0.3) is 0 Å². The van der Waals surface area contributed by atoms with E-state index in [4.69, 9.17) is 0 Å². The zero-order valence-corrected chi connectivity index (χ0v) is 13.6. The maximum absolute atomic E-state index is 12.2. The van der Waals surface area contributed by atoms with Crippen LogP contribution in [0.2, 0.25) is 0 Å². The highest BCUT2D eigenvalue weighted by Gasteiger charge is 2.16. The van der Waals surface area contributed by atoms with Crippen molar-refractivity contribution in [1.29, 1.82) is 0 Å². The summed E-state index contributed by atoms with van der Waals surface area (Å²) in [5, 5.41) is 7.42. The molecule has 1 amide bonds. The maximum Gasteiger partial charge on any atom is 0.224 e. The Bertz CT molecular complexity index is 635. The third-order valence-corrected chi connectivity index (χ3v) is 3.93. The molecule has 0 spiro atoms. The Morgan fingerprint density at radius 3 is 2.68 bits per heavy atom. The second-order valence-electron chi connectivity index (χ2n) is 5.62. The summed E-state index contributed by atoms with van der Waals surface area (Å²) in [4.78, 5) is 20.3. The molecular formula is C16H23N5O. The SMILES string of the molecule is Cc1nn(CC(C)C(=O)NCCc2cnccn2)c(C)c1C. The van der Waals surface area contributed by atoms with E-state index in [9.17, 15) is 4.79 Å². The largest absolute Gasteiger partial charge is 0.355 e. The second kappa shape index (κ2) is 7.15. The minimum atomic E-state index is -0.126. The van der Waals surface area contributed by atoms with Crippen LogP contribution in [0.1, 0.15) is 29.6 Å². The number of aromatic nitrogens is 4. The molecule has 22 heavy (non-hydrogen) atoms. The lowest BCUT2D eigenvalue weighted by atomic mass is 10.1. The lowest BCUT2D eigenvalue weighted by Gasteiger charge is -2.13. The van der Waals surface area contributed by atoms with E-state index < -0.39 is 0 Å². The predicted molar refractivity (Wildman–Crippen MR) is 84.3 cm³/mol. The Morgan fingerprint density at radius 2 is 2.09 bits per heavy atom. The standard InChI is InChI=1S/C16H23N5O/c1-11(10-21-14(4)12(2)13(3)20-21)16(22)19-6-5-15-9-17-7-8-18-15/h7-9,11H,5-6,10H2,1-4H3,(H,19,22). The van der Waals surface area contributed by atoms with Crippen LogP contribution in [0.25, 0.3) is 0 Å². The van der Waals surface area contributed by atoms with Gasteiger partial charge in [-0.15, -0.1) is 0 Å². The van der Waals surface area contributed by atoms with E-state index in [2.05, 4.69) is 27.3 Å². The molecule has 0 aliphatic rings. The van der Waals surface area contributed by atoms with Crippen LogP contribution in [0.4, 0.5) is 0 Å². The number of hydrogen-bond donors (Lipinski definition) is 1. The van der Waals surface area contributed by atoms with Crippen molar-refractivity contribution < 1.29 is 4.79 Å². The Morgan fingerprint density at radius 1 is 1.32 bits per heavy atom. The van der Waals surface area contributed by atoms with Gasteiger partial charge >= 0.3 is 0 Å². The fourth-order valence-corrected chi connectivity index (χ4v) is 2.25. The van der Waals surface area contributed by atoms with Gasteiger partial charge in [0, 0.05) is 37.3 Å². The minimum Gasteiger partial charge on any atom is -0.355 e. The Kier molecular flexibility index (Phi) is 5.25. The van der Waals surface area contributed by atoms with Crippen LogP contribution in [0, 0.1) is 26.7 Å². The average molecular weight is 301 g/mol. The van der Waals surface area contributed by atoms with Gasteiger partial charge in [-0.25, -0.2) is 0 Å². The van der Waals surface area contributed by atoms with E-state index in [1.165, 1.54) is 5.56 Å². The van der Waals surface area contributed by atoms with Crippen molar-refractivity contribution >= 4 is 5.91 Å². The first kappa shape index (κ1) is 16.1. The van der Waals surface area contributed by atoms with Crippen LogP contribution in [-0.4, -0.2) is 32.2 Å².